The number of esters is 3. The summed E-state index contributed by atoms with van der Waals surface area (Å²) in [7, 11) is 0. The number of rotatable bonds is 6. The van der Waals surface area contributed by atoms with Crippen molar-refractivity contribution in [3.05, 3.63) is 22.8 Å². The highest BCUT2D eigenvalue weighted by Crippen LogP contribution is 2.52. The van der Waals surface area contributed by atoms with E-state index in [0.717, 1.165) is 19.3 Å². The molecule has 8 heteroatoms. The Kier molecular flexibility index (Phi) is 5.96. The molecule has 3 heterocycles. The predicted molar refractivity (Wildman–Crippen MR) is 112 cm³/mol. The van der Waals surface area contributed by atoms with Crippen LogP contribution in [0.15, 0.2) is 22.8 Å². The molecule has 8 nitrogen and oxygen atoms in total. The SMILES string of the molecule is CC(=O)OC1C=C(C2CC3OC3(CCC3=C(C)CCCC3(C)C)C(=O)O2)C(OC(C)=O)O1. The molecule has 5 unspecified atom stereocenters. The average Bonchev–Trinajstić information content (AvgIpc) is 3.26. The summed E-state index contributed by atoms with van der Waals surface area (Å²) < 4.78 is 27.4. The van der Waals surface area contributed by atoms with Gasteiger partial charge in [-0.2, -0.15) is 0 Å². The Labute approximate surface area is 188 Å². The van der Waals surface area contributed by atoms with Gasteiger partial charge >= 0.3 is 17.9 Å². The van der Waals surface area contributed by atoms with Gasteiger partial charge < -0.3 is 18.9 Å². The Morgan fingerprint density at radius 3 is 2.53 bits per heavy atom. The van der Waals surface area contributed by atoms with E-state index in [-0.39, 0.29) is 11.5 Å². The zero-order valence-corrected chi connectivity index (χ0v) is 19.4. The van der Waals surface area contributed by atoms with Crippen molar-refractivity contribution < 1.29 is 38.1 Å². The van der Waals surface area contributed by atoms with E-state index in [2.05, 4.69) is 20.8 Å². The first kappa shape index (κ1) is 23.0. The van der Waals surface area contributed by atoms with Gasteiger partial charge in [0.15, 0.2) is 5.60 Å². The molecular formula is C24H32O8. The molecule has 32 heavy (non-hydrogen) atoms. The van der Waals surface area contributed by atoms with Crippen LogP contribution in [0.3, 0.4) is 0 Å². The fourth-order valence-electron chi connectivity index (χ4n) is 5.38. The Balaban J connectivity index is 1.44. The lowest BCUT2D eigenvalue weighted by molar-refractivity contribution is -0.204. The molecule has 0 spiro atoms. The molecule has 2 fully saturated rings. The zero-order chi connectivity index (χ0) is 23.3. The average molecular weight is 449 g/mol. The number of allylic oxidation sites excluding steroid dienone is 2. The molecule has 0 amide bonds. The number of carbonyl (C=O) groups is 3. The maximum Gasteiger partial charge on any atom is 0.341 e. The molecule has 3 aliphatic heterocycles. The first-order valence-corrected chi connectivity index (χ1v) is 11.3. The molecular weight excluding hydrogens is 416 g/mol. The van der Waals surface area contributed by atoms with Gasteiger partial charge in [0, 0.05) is 25.8 Å². The van der Waals surface area contributed by atoms with Crippen LogP contribution in [0.25, 0.3) is 0 Å². The third kappa shape index (κ3) is 4.35. The largest absolute Gasteiger partial charge is 0.455 e. The van der Waals surface area contributed by atoms with Gasteiger partial charge in [-0.25, -0.2) is 4.79 Å². The summed E-state index contributed by atoms with van der Waals surface area (Å²) in [6.07, 6.45) is 3.84. The highest BCUT2D eigenvalue weighted by Gasteiger charge is 2.67. The Bertz CT molecular complexity index is 884. The van der Waals surface area contributed by atoms with Gasteiger partial charge in [0.2, 0.25) is 12.6 Å². The van der Waals surface area contributed by atoms with Crippen LogP contribution in [0.1, 0.15) is 73.1 Å². The quantitative estimate of drug-likeness (QED) is 0.263. The van der Waals surface area contributed by atoms with E-state index in [9.17, 15) is 14.4 Å². The van der Waals surface area contributed by atoms with Crippen molar-refractivity contribution in [1.82, 2.24) is 0 Å². The van der Waals surface area contributed by atoms with Crippen molar-refractivity contribution in [2.24, 2.45) is 5.41 Å². The van der Waals surface area contributed by atoms with Crippen LogP contribution >= 0.6 is 0 Å². The van der Waals surface area contributed by atoms with Crippen LogP contribution in [0.4, 0.5) is 0 Å². The monoisotopic (exact) mass is 448 g/mol. The standard InChI is InChI=1S/C24H32O8/c1-13-7-6-9-23(4,5)17(13)8-10-24-19(32-24)12-18(30-22(24)27)16-11-20(28-14(2)25)31-21(16)29-15(3)26/h11,18-21H,6-10,12H2,1-5H3. The third-order valence-electron chi connectivity index (χ3n) is 7.06. The summed E-state index contributed by atoms with van der Waals surface area (Å²) in [4.78, 5) is 35.8. The minimum absolute atomic E-state index is 0.138. The predicted octanol–water partition coefficient (Wildman–Crippen LogP) is 3.48. The van der Waals surface area contributed by atoms with E-state index in [1.54, 1.807) is 0 Å². The highest BCUT2D eigenvalue weighted by molar-refractivity contribution is 5.85. The van der Waals surface area contributed by atoms with Crippen molar-refractivity contribution >= 4 is 17.9 Å². The van der Waals surface area contributed by atoms with E-state index in [1.165, 1.54) is 37.5 Å². The summed E-state index contributed by atoms with van der Waals surface area (Å²) in [6.45, 7) is 9.24. The maximum absolute atomic E-state index is 13.0. The fraction of sp³-hybridized carbons (Fsp3) is 0.708. The van der Waals surface area contributed by atoms with Crippen LogP contribution in [-0.4, -0.2) is 48.3 Å². The molecule has 2 saturated heterocycles. The van der Waals surface area contributed by atoms with E-state index in [4.69, 9.17) is 23.7 Å². The Hall–Kier alpha value is -2.19. The second kappa shape index (κ2) is 8.30. The van der Waals surface area contributed by atoms with E-state index in [0.29, 0.717) is 18.4 Å². The molecule has 5 atom stereocenters. The van der Waals surface area contributed by atoms with Gasteiger partial charge in [0.1, 0.15) is 12.2 Å². The van der Waals surface area contributed by atoms with Crippen molar-refractivity contribution in [1.29, 1.82) is 0 Å². The van der Waals surface area contributed by atoms with E-state index >= 15 is 0 Å². The normalized spacial score (nSPS) is 35.5. The molecule has 0 aromatic carbocycles. The van der Waals surface area contributed by atoms with Gasteiger partial charge in [-0.3, -0.25) is 14.3 Å². The topological polar surface area (TPSA) is 101 Å². The molecule has 0 aromatic rings. The minimum Gasteiger partial charge on any atom is -0.455 e. The van der Waals surface area contributed by atoms with E-state index < -0.39 is 42.2 Å². The molecule has 0 bridgehead atoms. The summed E-state index contributed by atoms with van der Waals surface area (Å²) in [5.41, 5.74) is 2.54. The first-order chi connectivity index (χ1) is 15.0. The van der Waals surface area contributed by atoms with Gasteiger partial charge in [-0.05, 0) is 50.5 Å². The number of cyclic esters (lactones) is 1. The number of carbonyl (C=O) groups excluding carboxylic acids is 3. The van der Waals surface area contributed by atoms with Crippen LogP contribution in [0, 0.1) is 5.41 Å². The van der Waals surface area contributed by atoms with Crippen molar-refractivity contribution in [3.8, 4) is 0 Å². The summed E-state index contributed by atoms with van der Waals surface area (Å²) in [5, 5.41) is 0. The summed E-state index contributed by atoms with van der Waals surface area (Å²) in [5.74, 6) is -1.49. The summed E-state index contributed by atoms with van der Waals surface area (Å²) >= 11 is 0. The number of hydrogen-bond acceptors (Lipinski definition) is 8. The highest BCUT2D eigenvalue weighted by atomic mass is 16.8. The molecule has 0 N–H and O–H groups in total. The van der Waals surface area contributed by atoms with Crippen LogP contribution in [-0.2, 0) is 38.1 Å². The third-order valence-corrected chi connectivity index (χ3v) is 7.06. The Morgan fingerprint density at radius 1 is 1.19 bits per heavy atom. The van der Waals surface area contributed by atoms with Crippen LogP contribution in [0.5, 0.6) is 0 Å². The molecule has 176 valence electrons. The lowest BCUT2D eigenvalue weighted by Gasteiger charge is -2.35. The number of fused-ring (bicyclic) bond motifs is 1. The number of ether oxygens (including phenoxy) is 5. The molecule has 4 aliphatic rings. The Morgan fingerprint density at radius 2 is 1.91 bits per heavy atom. The number of hydrogen-bond donors (Lipinski definition) is 0. The van der Waals surface area contributed by atoms with Gasteiger partial charge in [-0.1, -0.05) is 25.0 Å². The van der Waals surface area contributed by atoms with Crippen LogP contribution < -0.4 is 0 Å². The van der Waals surface area contributed by atoms with Crippen LogP contribution in [0.2, 0.25) is 0 Å². The molecule has 0 aromatic heterocycles. The van der Waals surface area contributed by atoms with E-state index in [1.807, 2.05) is 0 Å². The van der Waals surface area contributed by atoms with Gasteiger partial charge in [0.25, 0.3) is 0 Å². The van der Waals surface area contributed by atoms with Crippen molar-refractivity contribution in [3.63, 3.8) is 0 Å². The number of epoxide rings is 1. The molecule has 0 saturated carbocycles. The smallest absolute Gasteiger partial charge is 0.341 e. The zero-order valence-electron chi connectivity index (χ0n) is 19.4. The van der Waals surface area contributed by atoms with Crippen molar-refractivity contribution in [2.45, 2.75) is 104 Å². The lowest BCUT2D eigenvalue weighted by Crippen LogP contribution is -2.42. The van der Waals surface area contributed by atoms with Gasteiger partial charge in [-0.15, -0.1) is 0 Å². The maximum atomic E-state index is 13.0. The second-order valence-electron chi connectivity index (χ2n) is 9.84. The molecule has 4 rings (SSSR count). The fourth-order valence-corrected chi connectivity index (χ4v) is 5.38. The molecule has 0 radical (unpaired) electrons. The first-order valence-electron chi connectivity index (χ1n) is 11.3. The minimum atomic E-state index is -1.07. The molecule has 1 aliphatic carbocycles. The van der Waals surface area contributed by atoms with Gasteiger partial charge in [0.05, 0.1) is 0 Å². The second-order valence-corrected chi connectivity index (χ2v) is 9.84. The summed E-state index contributed by atoms with van der Waals surface area (Å²) in [6, 6.07) is 0. The van der Waals surface area contributed by atoms with Crippen molar-refractivity contribution in [2.75, 3.05) is 0 Å². The lowest BCUT2D eigenvalue weighted by atomic mass is 9.70.